The maximum Gasteiger partial charge on any atom is 0.341 e. The number of Topliss-reactive ketones (excluding diaryl/α,β-unsaturated/α-hetero) is 1. The van der Waals surface area contributed by atoms with E-state index in [-0.39, 0.29) is 23.9 Å². The van der Waals surface area contributed by atoms with E-state index in [9.17, 15) is 14.4 Å². The second kappa shape index (κ2) is 7.15. The lowest BCUT2D eigenvalue weighted by atomic mass is 10.1. The Morgan fingerprint density at radius 2 is 1.91 bits per heavy atom. The third-order valence-corrected chi connectivity index (χ3v) is 4.42. The van der Waals surface area contributed by atoms with Gasteiger partial charge < -0.3 is 10.1 Å². The lowest BCUT2D eigenvalue weighted by Gasteiger charge is -2.07. The second-order valence-corrected chi connectivity index (χ2v) is 5.75. The van der Waals surface area contributed by atoms with Gasteiger partial charge in [0.05, 0.1) is 17.0 Å². The van der Waals surface area contributed by atoms with E-state index in [1.54, 1.807) is 26.0 Å². The topological polar surface area (TPSA) is 85.4 Å². The van der Waals surface area contributed by atoms with E-state index in [0.29, 0.717) is 21.0 Å². The molecule has 0 aliphatic carbocycles. The zero-order valence-electron chi connectivity index (χ0n) is 13.0. The smallest absolute Gasteiger partial charge is 0.341 e. The number of pyridine rings is 1. The molecule has 0 aromatic carbocycles. The van der Waals surface area contributed by atoms with Crippen molar-refractivity contribution in [3.05, 3.63) is 46.1 Å². The van der Waals surface area contributed by atoms with Crippen molar-refractivity contribution in [3.63, 3.8) is 0 Å². The quantitative estimate of drug-likeness (QED) is 0.672. The average molecular weight is 332 g/mol. The fraction of sp³-hybridized carbons (Fsp3) is 0.250. The van der Waals surface area contributed by atoms with Crippen LogP contribution in [-0.4, -0.2) is 29.3 Å². The molecule has 1 amide bonds. The molecule has 0 radical (unpaired) electrons. The first-order valence-corrected chi connectivity index (χ1v) is 7.80. The minimum Gasteiger partial charge on any atom is -0.462 e. The molecule has 2 heterocycles. The summed E-state index contributed by atoms with van der Waals surface area (Å²) < 4.78 is 5.02. The minimum atomic E-state index is -0.557. The number of ether oxygens (including phenoxy) is 1. The molecule has 0 atom stereocenters. The van der Waals surface area contributed by atoms with Gasteiger partial charge in [-0.05, 0) is 38.5 Å². The van der Waals surface area contributed by atoms with Crippen LogP contribution in [-0.2, 0) is 4.74 Å². The van der Waals surface area contributed by atoms with Crippen molar-refractivity contribution in [2.45, 2.75) is 20.8 Å². The molecule has 2 rings (SSSR count). The fourth-order valence-corrected chi connectivity index (χ4v) is 3.15. The summed E-state index contributed by atoms with van der Waals surface area (Å²) in [5, 5.41) is 2.99. The first kappa shape index (κ1) is 16.8. The van der Waals surface area contributed by atoms with Crippen LogP contribution in [0.15, 0.2) is 24.5 Å². The van der Waals surface area contributed by atoms with E-state index in [0.717, 1.165) is 11.3 Å². The molecule has 2 aromatic rings. The number of hydrogen-bond donors (Lipinski definition) is 1. The van der Waals surface area contributed by atoms with E-state index in [1.807, 2.05) is 0 Å². The number of esters is 1. The Morgan fingerprint density at radius 3 is 2.48 bits per heavy atom. The Morgan fingerprint density at radius 1 is 1.26 bits per heavy atom. The standard InChI is InChI=1S/C16H16N2O4S/c1-4-22-16(21)12-9(2)13(10(3)19)23-15(12)18-14(20)11-5-7-17-8-6-11/h5-8H,4H2,1-3H3,(H,18,20). The molecule has 6 nitrogen and oxygen atoms in total. The van der Waals surface area contributed by atoms with E-state index in [1.165, 1.54) is 19.3 Å². The maximum atomic E-state index is 12.3. The van der Waals surface area contributed by atoms with Gasteiger partial charge in [-0.25, -0.2) is 4.79 Å². The molecule has 23 heavy (non-hydrogen) atoms. The number of hydrogen-bond acceptors (Lipinski definition) is 6. The summed E-state index contributed by atoms with van der Waals surface area (Å²) in [5.41, 5.74) is 1.15. The molecule has 7 heteroatoms. The highest BCUT2D eigenvalue weighted by atomic mass is 32.1. The Kier molecular flexibility index (Phi) is 5.23. The van der Waals surface area contributed by atoms with Crippen molar-refractivity contribution < 1.29 is 19.1 Å². The summed E-state index contributed by atoms with van der Waals surface area (Å²) in [6, 6.07) is 3.12. The molecule has 0 unspecified atom stereocenters. The average Bonchev–Trinajstić information content (AvgIpc) is 2.85. The zero-order valence-corrected chi connectivity index (χ0v) is 13.8. The van der Waals surface area contributed by atoms with Crippen molar-refractivity contribution in [1.82, 2.24) is 4.98 Å². The monoisotopic (exact) mass is 332 g/mol. The molecule has 0 saturated heterocycles. The number of amides is 1. The van der Waals surface area contributed by atoms with Crippen LogP contribution in [0.25, 0.3) is 0 Å². The number of nitrogens with zero attached hydrogens (tertiary/aromatic N) is 1. The summed E-state index contributed by atoms with van der Waals surface area (Å²) in [4.78, 5) is 40.4. The Bertz CT molecular complexity index is 753. The molecule has 0 bridgehead atoms. The van der Waals surface area contributed by atoms with Crippen molar-refractivity contribution >= 4 is 34.0 Å². The molecule has 120 valence electrons. The molecular weight excluding hydrogens is 316 g/mol. The maximum absolute atomic E-state index is 12.3. The number of rotatable bonds is 5. The highest BCUT2D eigenvalue weighted by Gasteiger charge is 2.25. The van der Waals surface area contributed by atoms with Crippen molar-refractivity contribution in [3.8, 4) is 0 Å². The number of anilines is 1. The van der Waals surface area contributed by atoms with Crippen LogP contribution in [0.4, 0.5) is 5.00 Å². The molecule has 1 N–H and O–H groups in total. The summed E-state index contributed by atoms with van der Waals surface area (Å²) in [7, 11) is 0. The molecule has 0 aliphatic heterocycles. The van der Waals surface area contributed by atoms with Crippen molar-refractivity contribution in [2.24, 2.45) is 0 Å². The zero-order chi connectivity index (χ0) is 17.0. The van der Waals surface area contributed by atoms with E-state index in [2.05, 4.69) is 10.3 Å². The van der Waals surface area contributed by atoms with Gasteiger partial charge in [0.1, 0.15) is 5.00 Å². The Hall–Kier alpha value is -2.54. The summed E-state index contributed by atoms with van der Waals surface area (Å²) >= 11 is 1.07. The van der Waals surface area contributed by atoms with Crippen LogP contribution >= 0.6 is 11.3 Å². The van der Waals surface area contributed by atoms with Gasteiger partial charge in [0, 0.05) is 18.0 Å². The van der Waals surface area contributed by atoms with Gasteiger partial charge in [0.15, 0.2) is 5.78 Å². The molecule has 0 fully saturated rings. The lowest BCUT2D eigenvalue weighted by Crippen LogP contribution is -2.14. The number of nitrogens with one attached hydrogen (secondary N) is 1. The van der Waals surface area contributed by atoms with Gasteiger partial charge in [-0.3, -0.25) is 14.6 Å². The number of ketones is 1. The van der Waals surface area contributed by atoms with Crippen LogP contribution < -0.4 is 5.32 Å². The van der Waals surface area contributed by atoms with Crippen LogP contribution in [0.5, 0.6) is 0 Å². The predicted molar refractivity (Wildman–Crippen MR) is 87.2 cm³/mol. The van der Waals surface area contributed by atoms with E-state index < -0.39 is 5.97 Å². The van der Waals surface area contributed by atoms with Crippen LogP contribution in [0.3, 0.4) is 0 Å². The number of carbonyl (C=O) groups excluding carboxylic acids is 3. The van der Waals surface area contributed by atoms with Gasteiger partial charge in [-0.15, -0.1) is 11.3 Å². The summed E-state index contributed by atoms with van der Waals surface area (Å²) in [6.45, 7) is 4.99. The third-order valence-electron chi connectivity index (χ3n) is 3.12. The summed E-state index contributed by atoms with van der Waals surface area (Å²) in [6.07, 6.45) is 3.00. The van der Waals surface area contributed by atoms with E-state index in [4.69, 9.17) is 4.74 Å². The van der Waals surface area contributed by atoms with Gasteiger partial charge in [0.2, 0.25) is 0 Å². The Balaban J connectivity index is 2.40. The molecule has 0 spiro atoms. The van der Waals surface area contributed by atoms with Crippen LogP contribution in [0, 0.1) is 6.92 Å². The van der Waals surface area contributed by atoms with Gasteiger partial charge in [-0.1, -0.05) is 0 Å². The van der Waals surface area contributed by atoms with Gasteiger partial charge in [-0.2, -0.15) is 0 Å². The number of thiophene rings is 1. The normalized spacial score (nSPS) is 10.2. The molecule has 0 saturated carbocycles. The number of carbonyl (C=O) groups is 3. The Labute approximate surface area is 137 Å². The lowest BCUT2D eigenvalue weighted by molar-refractivity contribution is 0.0527. The molecule has 0 aliphatic rings. The van der Waals surface area contributed by atoms with Crippen molar-refractivity contribution in [2.75, 3.05) is 11.9 Å². The first-order valence-electron chi connectivity index (χ1n) is 6.98. The molecular formula is C16H16N2O4S. The largest absolute Gasteiger partial charge is 0.462 e. The van der Waals surface area contributed by atoms with Crippen molar-refractivity contribution in [1.29, 1.82) is 0 Å². The SMILES string of the molecule is CCOC(=O)c1c(NC(=O)c2ccncc2)sc(C(C)=O)c1C. The van der Waals surface area contributed by atoms with Gasteiger partial charge in [0.25, 0.3) is 5.91 Å². The van der Waals surface area contributed by atoms with Crippen LogP contribution in [0.2, 0.25) is 0 Å². The summed E-state index contributed by atoms with van der Waals surface area (Å²) in [5.74, 6) is -1.10. The van der Waals surface area contributed by atoms with E-state index >= 15 is 0 Å². The second-order valence-electron chi connectivity index (χ2n) is 4.73. The van der Waals surface area contributed by atoms with Gasteiger partial charge >= 0.3 is 5.97 Å². The highest BCUT2D eigenvalue weighted by molar-refractivity contribution is 7.18. The fourth-order valence-electron chi connectivity index (χ4n) is 2.07. The molecule has 2 aromatic heterocycles. The third kappa shape index (κ3) is 3.62. The number of aromatic nitrogens is 1. The minimum absolute atomic E-state index is 0.164. The van der Waals surface area contributed by atoms with Crippen LogP contribution in [0.1, 0.15) is 49.8 Å². The first-order chi connectivity index (χ1) is 11.0. The predicted octanol–water partition coefficient (Wildman–Crippen LogP) is 3.08. The highest BCUT2D eigenvalue weighted by Crippen LogP contribution is 2.34.